The predicted octanol–water partition coefficient (Wildman–Crippen LogP) is 0.196. The topological polar surface area (TPSA) is 162 Å². The fourth-order valence-corrected chi connectivity index (χ4v) is 7.13. The van der Waals surface area contributed by atoms with Gasteiger partial charge in [-0.1, -0.05) is 6.92 Å². The van der Waals surface area contributed by atoms with Crippen molar-refractivity contribution in [2.75, 3.05) is 25.1 Å². The third kappa shape index (κ3) is 5.42. The number of thioether (sulfide) groups is 2. The highest BCUT2D eigenvalue weighted by Gasteiger charge is 2.60. The monoisotopic (exact) mass is 502 g/mol. The van der Waals surface area contributed by atoms with Gasteiger partial charge in [0.1, 0.15) is 5.70 Å². The summed E-state index contributed by atoms with van der Waals surface area (Å²) < 4.78 is 0. The highest BCUT2D eigenvalue weighted by atomic mass is 32.2. The molecule has 0 aliphatic carbocycles. The molecule has 3 rings (SSSR count). The van der Waals surface area contributed by atoms with Gasteiger partial charge in [-0.2, -0.15) is 16.8 Å². The molecule has 0 bridgehead atoms. The molecule has 5 N–H and O–H groups in total. The van der Waals surface area contributed by atoms with Crippen LogP contribution in [-0.4, -0.2) is 92.6 Å². The SMILES string of the molecule is C[C@@H](O)[C@H]1C(=O)N2C(C(=O)O)=C(S[C@@H]3CN[C@H](CSCCC(=O)N(C)OC(N)=O)C3)[C@H](C)[C@H]12. The molecule has 0 spiro atoms. The molecule has 13 heteroatoms. The number of aliphatic hydroxyl groups excluding tert-OH is 1. The number of rotatable bonds is 9. The van der Waals surface area contributed by atoms with E-state index in [1.54, 1.807) is 18.7 Å². The average molecular weight is 503 g/mol. The van der Waals surface area contributed by atoms with E-state index in [4.69, 9.17) is 5.73 Å². The second kappa shape index (κ2) is 10.5. The van der Waals surface area contributed by atoms with Gasteiger partial charge in [-0.3, -0.25) is 9.59 Å². The van der Waals surface area contributed by atoms with Crippen molar-refractivity contribution in [1.29, 1.82) is 0 Å². The number of aliphatic hydroxyl groups is 1. The van der Waals surface area contributed by atoms with Gasteiger partial charge in [-0.05, 0) is 13.3 Å². The van der Waals surface area contributed by atoms with Crippen LogP contribution in [0.4, 0.5) is 4.79 Å². The molecule has 3 aliphatic heterocycles. The molecule has 0 radical (unpaired) electrons. The minimum Gasteiger partial charge on any atom is -0.477 e. The summed E-state index contributed by atoms with van der Waals surface area (Å²) in [4.78, 5) is 53.5. The van der Waals surface area contributed by atoms with Gasteiger partial charge in [-0.15, -0.1) is 11.8 Å². The van der Waals surface area contributed by atoms with Crippen LogP contribution < -0.4 is 11.1 Å². The minimum atomic E-state index is -1.11. The third-order valence-electron chi connectivity index (χ3n) is 6.14. The van der Waals surface area contributed by atoms with Gasteiger partial charge in [0.25, 0.3) is 5.91 Å². The normalized spacial score (nSPS) is 29.5. The Kier molecular flexibility index (Phi) is 8.19. The molecule has 3 amide bonds. The van der Waals surface area contributed by atoms with E-state index >= 15 is 0 Å². The van der Waals surface area contributed by atoms with Crippen LogP contribution in [0.25, 0.3) is 0 Å². The highest BCUT2D eigenvalue weighted by molar-refractivity contribution is 8.03. The Morgan fingerprint density at radius 1 is 1.39 bits per heavy atom. The van der Waals surface area contributed by atoms with Crippen molar-refractivity contribution < 1.29 is 34.2 Å². The molecule has 3 heterocycles. The van der Waals surface area contributed by atoms with Gasteiger partial charge < -0.3 is 31.0 Å². The number of nitrogens with one attached hydrogen (secondary N) is 1. The number of hydrogen-bond donors (Lipinski definition) is 4. The Labute approximate surface area is 200 Å². The number of carboxylic acid groups (broad SMARTS) is 1. The van der Waals surface area contributed by atoms with E-state index in [9.17, 15) is 29.4 Å². The summed E-state index contributed by atoms with van der Waals surface area (Å²) in [5, 5.41) is 24.1. The molecule has 0 aromatic rings. The van der Waals surface area contributed by atoms with Gasteiger partial charge in [-0.25, -0.2) is 9.59 Å². The molecule has 0 saturated carbocycles. The van der Waals surface area contributed by atoms with E-state index in [0.29, 0.717) is 17.2 Å². The van der Waals surface area contributed by atoms with E-state index in [2.05, 4.69) is 10.2 Å². The maximum Gasteiger partial charge on any atom is 0.429 e. The summed E-state index contributed by atoms with van der Waals surface area (Å²) in [6.07, 6.45) is -0.811. The number of carbonyl (C=O) groups excluding carboxylic acids is 3. The number of hydrogen-bond acceptors (Lipinski definition) is 9. The van der Waals surface area contributed by atoms with E-state index in [1.165, 1.54) is 23.7 Å². The predicted molar refractivity (Wildman–Crippen MR) is 123 cm³/mol. The zero-order valence-corrected chi connectivity index (χ0v) is 20.4. The smallest absolute Gasteiger partial charge is 0.429 e. The molecule has 0 aromatic carbocycles. The number of primary amides is 1. The molecule has 11 nitrogen and oxygen atoms in total. The molecular weight excluding hydrogens is 472 g/mol. The van der Waals surface area contributed by atoms with Crippen LogP contribution in [0.3, 0.4) is 0 Å². The number of fused-ring (bicyclic) bond motifs is 1. The van der Waals surface area contributed by atoms with Crippen LogP contribution in [0.5, 0.6) is 0 Å². The number of nitrogens with two attached hydrogens (primary N) is 1. The Balaban J connectivity index is 1.49. The van der Waals surface area contributed by atoms with Crippen molar-refractivity contribution in [2.45, 2.75) is 50.1 Å². The van der Waals surface area contributed by atoms with Gasteiger partial charge in [0.15, 0.2) is 0 Å². The summed E-state index contributed by atoms with van der Waals surface area (Å²) >= 11 is 3.11. The first-order chi connectivity index (χ1) is 15.5. The van der Waals surface area contributed by atoms with E-state index in [0.717, 1.165) is 17.2 Å². The van der Waals surface area contributed by atoms with Crippen molar-refractivity contribution in [3.8, 4) is 0 Å². The van der Waals surface area contributed by atoms with Gasteiger partial charge >= 0.3 is 12.1 Å². The first kappa shape index (κ1) is 25.7. The summed E-state index contributed by atoms with van der Waals surface area (Å²) in [5.41, 5.74) is 4.94. The Hall–Kier alpha value is -1.96. The molecule has 3 aliphatic rings. The standard InChI is InChI=1S/C20H30N4O7S2/c1-9-15-14(10(2)25)18(27)24(15)16(19(28)29)17(9)33-12-6-11(22-7-12)8-32-5-4-13(26)23(3)31-20(21)30/h9-12,14-15,22,25H,4-8H2,1-3H3,(H2,21,30)(H,28,29)/t9-,10-,11+,12+,14-,15-/m1/s1. The lowest BCUT2D eigenvalue weighted by Gasteiger charge is -2.46. The molecule has 184 valence electrons. The van der Waals surface area contributed by atoms with Crippen molar-refractivity contribution in [2.24, 2.45) is 17.6 Å². The second-order valence-electron chi connectivity index (χ2n) is 8.48. The molecule has 2 fully saturated rings. The molecule has 2 saturated heterocycles. The number of carbonyl (C=O) groups is 4. The molecule has 0 aromatic heterocycles. The zero-order valence-electron chi connectivity index (χ0n) is 18.7. The van der Waals surface area contributed by atoms with Crippen LogP contribution in [-0.2, 0) is 19.2 Å². The maximum absolute atomic E-state index is 12.5. The number of nitrogens with zero attached hydrogens (tertiary/aromatic N) is 2. The molecule has 33 heavy (non-hydrogen) atoms. The quantitative estimate of drug-likeness (QED) is 0.195. The number of amides is 3. The number of β-lactam (4-membered cyclic amide) rings is 1. The third-order valence-corrected chi connectivity index (χ3v) is 8.79. The van der Waals surface area contributed by atoms with Gasteiger partial charge in [0.05, 0.1) is 18.1 Å². The molecule has 6 atom stereocenters. The maximum atomic E-state index is 12.5. The van der Waals surface area contributed by atoms with Crippen LogP contribution in [0.1, 0.15) is 26.7 Å². The highest BCUT2D eigenvalue weighted by Crippen LogP contribution is 2.51. The fourth-order valence-electron chi connectivity index (χ4n) is 4.59. The van der Waals surface area contributed by atoms with Crippen molar-refractivity contribution in [3.63, 3.8) is 0 Å². The van der Waals surface area contributed by atoms with Crippen LogP contribution in [0.2, 0.25) is 0 Å². The molecular formula is C20H30N4O7S2. The summed E-state index contributed by atoms with van der Waals surface area (Å²) in [6.45, 7) is 4.20. The second-order valence-corrected chi connectivity index (χ2v) is 11.0. The average Bonchev–Trinajstić information content (AvgIpc) is 3.26. The van der Waals surface area contributed by atoms with Gasteiger partial charge in [0, 0.05) is 53.6 Å². The Morgan fingerprint density at radius 3 is 2.70 bits per heavy atom. The lowest BCUT2D eigenvalue weighted by Crippen LogP contribution is -2.63. The van der Waals surface area contributed by atoms with Gasteiger partial charge in [0.2, 0.25) is 5.91 Å². The van der Waals surface area contributed by atoms with Crippen LogP contribution in [0.15, 0.2) is 10.6 Å². The van der Waals surface area contributed by atoms with Crippen molar-refractivity contribution in [3.05, 3.63) is 10.6 Å². The number of carboxylic acids is 1. The van der Waals surface area contributed by atoms with Crippen molar-refractivity contribution >= 4 is 47.4 Å². The lowest BCUT2D eigenvalue weighted by atomic mass is 9.79. The molecule has 0 unspecified atom stereocenters. The summed E-state index contributed by atoms with van der Waals surface area (Å²) in [6, 6.07) is -0.0855. The summed E-state index contributed by atoms with van der Waals surface area (Å²) in [5.74, 6) is -1.14. The van der Waals surface area contributed by atoms with E-state index in [-0.39, 0.29) is 47.2 Å². The van der Waals surface area contributed by atoms with Crippen LogP contribution >= 0.6 is 23.5 Å². The zero-order chi connectivity index (χ0) is 24.4. The fraction of sp³-hybridized carbons (Fsp3) is 0.700. The number of aliphatic carboxylic acids is 1. The largest absolute Gasteiger partial charge is 0.477 e. The first-order valence-electron chi connectivity index (χ1n) is 10.7. The first-order valence-corrected chi connectivity index (χ1v) is 12.8. The van der Waals surface area contributed by atoms with Crippen molar-refractivity contribution in [1.82, 2.24) is 15.3 Å². The minimum absolute atomic E-state index is 0.0537. The summed E-state index contributed by atoms with van der Waals surface area (Å²) in [7, 11) is 1.34. The lowest BCUT2D eigenvalue weighted by molar-refractivity contribution is -0.163. The van der Waals surface area contributed by atoms with Crippen LogP contribution in [0, 0.1) is 11.8 Å². The Morgan fingerprint density at radius 2 is 2.09 bits per heavy atom. The number of hydroxylamine groups is 2. The Bertz CT molecular complexity index is 852. The van der Waals surface area contributed by atoms with E-state index < -0.39 is 24.1 Å². The van der Waals surface area contributed by atoms with E-state index in [1.807, 2.05) is 6.92 Å².